The normalized spacial score (nSPS) is 13.4. The lowest BCUT2D eigenvalue weighted by Gasteiger charge is -2.15. The molecule has 0 aliphatic rings. The van der Waals surface area contributed by atoms with Crippen LogP contribution in [0, 0.1) is 6.92 Å². The topological polar surface area (TPSA) is 72.7 Å². The number of rotatable bonds is 6. The minimum atomic E-state index is -4.57. The molecule has 1 heterocycles. The van der Waals surface area contributed by atoms with Crippen molar-refractivity contribution in [1.29, 1.82) is 0 Å². The number of thiazole rings is 1. The van der Waals surface area contributed by atoms with Crippen molar-refractivity contribution in [2.75, 3.05) is 20.3 Å². The molecule has 1 aromatic heterocycles. The minimum absolute atomic E-state index is 0.183. The number of nitrogens with zero attached hydrogens (tertiary/aromatic N) is 2. The molecule has 3 rings (SSSR count). The van der Waals surface area contributed by atoms with Crippen LogP contribution < -0.4 is 10.1 Å². The molecule has 1 N–H and O–H groups in total. The van der Waals surface area contributed by atoms with Crippen LogP contribution in [0.1, 0.15) is 34.5 Å². The fourth-order valence-electron chi connectivity index (χ4n) is 3.12. The maximum absolute atomic E-state index is 13.0. The number of fused-ring (bicyclic) bond motifs is 1. The van der Waals surface area contributed by atoms with Gasteiger partial charge in [0.2, 0.25) is 5.91 Å². The van der Waals surface area contributed by atoms with Gasteiger partial charge in [-0.25, -0.2) is 0 Å². The van der Waals surface area contributed by atoms with Crippen molar-refractivity contribution >= 4 is 33.4 Å². The summed E-state index contributed by atoms with van der Waals surface area (Å²) in [7, 11) is 1.52. The van der Waals surface area contributed by atoms with Crippen molar-refractivity contribution in [1.82, 2.24) is 9.88 Å². The number of methoxy groups -OCH3 is 1. The first-order valence-corrected chi connectivity index (χ1v) is 10.6. The summed E-state index contributed by atoms with van der Waals surface area (Å²) < 4.78 is 46.4. The number of aryl methyl sites for hydroxylation is 1. The highest BCUT2D eigenvalue weighted by atomic mass is 32.1. The van der Waals surface area contributed by atoms with E-state index in [-0.39, 0.29) is 16.3 Å². The van der Waals surface area contributed by atoms with E-state index in [2.05, 4.69) is 10.3 Å². The molecule has 170 valence electrons. The second-order valence-corrected chi connectivity index (χ2v) is 8.19. The van der Waals surface area contributed by atoms with Gasteiger partial charge >= 0.3 is 6.18 Å². The fraction of sp³-hybridized carbons (Fsp3) is 0.318. The average molecular weight is 465 g/mol. The van der Waals surface area contributed by atoms with Crippen LogP contribution in [0.25, 0.3) is 10.2 Å². The van der Waals surface area contributed by atoms with E-state index >= 15 is 0 Å². The van der Waals surface area contributed by atoms with Crippen molar-refractivity contribution in [2.24, 2.45) is 4.99 Å². The number of benzene rings is 2. The maximum Gasteiger partial charge on any atom is 0.416 e. The number of nitrogens with one attached hydrogen (secondary N) is 1. The molecule has 0 bridgehead atoms. The Morgan fingerprint density at radius 3 is 2.66 bits per heavy atom. The molecule has 0 aliphatic heterocycles. The van der Waals surface area contributed by atoms with E-state index in [9.17, 15) is 22.8 Å². The van der Waals surface area contributed by atoms with E-state index in [1.807, 2.05) is 25.1 Å². The SMILES string of the molecule is COCCNC(=O)C(C)n1c(=NC(=O)c2cccc(C(F)(F)F)c2)sc2cc(C)ccc21. The first-order valence-electron chi connectivity index (χ1n) is 9.76. The Kier molecular flexibility index (Phi) is 7.15. The van der Waals surface area contributed by atoms with Gasteiger partial charge in [-0.05, 0) is 49.7 Å². The van der Waals surface area contributed by atoms with Crippen LogP contribution in [-0.2, 0) is 15.7 Å². The standard InChI is InChI=1S/C22H22F3N3O3S/c1-13-7-8-17-18(11-13)32-21(28(17)14(2)19(29)26-9-10-31-3)27-20(30)15-5-4-6-16(12-15)22(23,24)25/h4-8,11-12,14H,9-10H2,1-3H3,(H,26,29). The number of carbonyl (C=O) groups excluding carboxylic acids is 2. The van der Waals surface area contributed by atoms with Crippen molar-refractivity contribution in [3.8, 4) is 0 Å². The Bertz CT molecular complexity index is 1210. The van der Waals surface area contributed by atoms with Crippen LogP contribution in [-0.4, -0.2) is 36.6 Å². The highest BCUT2D eigenvalue weighted by Gasteiger charge is 2.31. The van der Waals surface area contributed by atoms with Gasteiger partial charge in [0.05, 0.1) is 22.4 Å². The quantitative estimate of drug-likeness (QED) is 0.558. The van der Waals surface area contributed by atoms with E-state index in [0.717, 1.165) is 22.4 Å². The molecule has 0 spiro atoms. The van der Waals surface area contributed by atoms with Gasteiger partial charge in [-0.3, -0.25) is 9.59 Å². The molecule has 2 amide bonds. The first kappa shape index (κ1) is 23.7. The Morgan fingerprint density at radius 2 is 1.97 bits per heavy atom. The van der Waals surface area contributed by atoms with Crippen molar-refractivity contribution < 1.29 is 27.5 Å². The van der Waals surface area contributed by atoms with Crippen molar-refractivity contribution in [3.05, 3.63) is 64.0 Å². The van der Waals surface area contributed by atoms with Gasteiger partial charge in [-0.1, -0.05) is 23.5 Å². The highest BCUT2D eigenvalue weighted by Crippen LogP contribution is 2.29. The van der Waals surface area contributed by atoms with Gasteiger partial charge in [0.15, 0.2) is 4.80 Å². The summed E-state index contributed by atoms with van der Waals surface area (Å²) >= 11 is 1.19. The second kappa shape index (κ2) is 9.66. The Labute approximate surface area is 186 Å². The molecule has 0 saturated heterocycles. The van der Waals surface area contributed by atoms with Crippen LogP contribution in [0.5, 0.6) is 0 Å². The van der Waals surface area contributed by atoms with E-state index in [0.29, 0.717) is 18.7 Å². The van der Waals surface area contributed by atoms with Gasteiger partial charge in [-0.15, -0.1) is 0 Å². The monoisotopic (exact) mass is 465 g/mol. The molecule has 1 unspecified atom stereocenters. The van der Waals surface area contributed by atoms with Crippen molar-refractivity contribution in [2.45, 2.75) is 26.1 Å². The van der Waals surface area contributed by atoms with E-state index in [4.69, 9.17) is 4.74 Å². The van der Waals surface area contributed by atoms with Gasteiger partial charge in [0.1, 0.15) is 6.04 Å². The van der Waals surface area contributed by atoms with Crippen LogP contribution >= 0.6 is 11.3 Å². The van der Waals surface area contributed by atoms with Crippen LogP contribution in [0.4, 0.5) is 13.2 Å². The van der Waals surface area contributed by atoms with Crippen LogP contribution in [0.3, 0.4) is 0 Å². The van der Waals surface area contributed by atoms with Crippen LogP contribution in [0.15, 0.2) is 47.5 Å². The van der Waals surface area contributed by atoms with E-state index in [1.54, 1.807) is 11.5 Å². The van der Waals surface area contributed by atoms with Gasteiger partial charge in [0.25, 0.3) is 5.91 Å². The second-order valence-electron chi connectivity index (χ2n) is 7.18. The van der Waals surface area contributed by atoms with Gasteiger partial charge in [-0.2, -0.15) is 18.2 Å². The molecule has 3 aromatic rings. The molecule has 10 heteroatoms. The lowest BCUT2D eigenvalue weighted by atomic mass is 10.1. The predicted molar refractivity (Wildman–Crippen MR) is 115 cm³/mol. The number of halogens is 3. The molecule has 1 atom stereocenters. The summed E-state index contributed by atoms with van der Waals surface area (Å²) in [5.41, 5.74) is 0.575. The van der Waals surface area contributed by atoms with Crippen molar-refractivity contribution in [3.63, 3.8) is 0 Å². The summed E-state index contributed by atoms with van der Waals surface area (Å²) in [6, 6.07) is 9.01. The smallest absolute Gasteiger partial charge is 0.383 e. The highest BCUT2D eigenvalue weighted by molar-refractivity contribution is 7.16. The van der Waals surface area contributed by atoms with Crippen LogP contribution in [0.2, 0.25) is 0 Å². The van der Waals surface area contributed by atoms with Gasteiger partial charge < -0.3 is 14.6 Å². The third-order valence-corrected chi connectivity index (χ3v) is 5.81. The number of hydrogen-bond donors (Lipinski definition) is 1. The third-order valence-electron chi connectivity index (χ3n) is 4.79. The lowest BCUT2D eigenvalue weighted by molar-refractivity contribution is -0.137. The largest absolute Gasteiger partial charge is 0.416 e. The number of ether oxygens (including phenoxy) is 1. The average Bonchev–Trinajstić information content (AvgIpc) is 3.09. The number of amides is 2. The zero-order valence-electron chi connectivity index (χ0n) is 17.7. The molecular weight excluding hydrogens is 443 g/mol. The first-order chi connectivity index (χ1) is 15.1. The summed E-state index contributed by atoms with van der Waals surface area (Å²) in [4.78, 5) is 29.7. The molecule has 0 saturated carbocycles. The number of carbonyl (C=O) groups is 2. The summed E-state index contributed by atoms with van der Waals surface area (Å²) in [5.74, 6) is -1.12. The minimum Gasteiger partial charge on any atom is -0.383 e. The molecular formula is C22H22F3N3O3S. The Balaban J connectivity index is 2.07. The molecule has 6 nitrogen and oxygen atoms in total. The number of aromatic nitrogens is 1. The zero-order valence-corrected chi connectivity index (χ0v) is 18.5. The molecule has 32 heavy (non-hydrogen) atoms. The molecule has 0 fully saturated rings. The van der Waals surface area contributed by atoms with E-state index < -0.39 is 23.7 Å². The summed E-state index contributed by atoms with van der Waals surface area (Å²) in [5, 5.41) is 2.75. The predicted octanol–water partition coefficient (Wildman–Crippen LogP) is 4.09. The zero-order chi connectivity index (χ0) is 23.5. The number of hydrogen-bond acceptors (Lipinski definition) is 4. The number of alkyl halides is 3. The fourth-order valence-corrected chi connectivity index (χ4v) is 4.32. The maximum atomic E-state index is 13.0. The third kappa shape index (κ3) is 5.25. The Hall–Kier alpha value is -2.98. The Morgan fingerprint density at radius 1 is 1.22 bits per heavy atom. The molecule has 0 aliphatic carbocycles. The molecule has 0 radical (unpaired) electrons. The molecule has 2 aromatic carbocycles. The van der Waals surface area contributed by atoms with E-state index in [1.165, 1.54) is 30.6 Å². The van der Waals surface area contributed by atoms with Gasteiger partial charge in [0, 0.05) is 19.2 Å². The lowest BCUT2D eigenvalue weighted by Crippen LogP contribution is -2.36. The summed E-state index contributed by atoms with van der Waals surface area (Å²) in [6.07, 6.45) is -4.57. The summed E-state index contributed by atoms with van der Waals surface area (Å²) in [6.45, 7) is 4.24.